The number of thioether (sulfide) groups is 1. The molecule has 0 aliphatic heterocycles. The van der Waals surface area contributed by atoms with Crippen molar-refractivity contribution < 1.29 is 37.4 Å². The van der Waals surface area contributed by atoms with Crippen LogP contribution in [-0.2, 0) is 36.3 Å². The van der Waals surface area contributed by atoms with Crippen LogP contribution in [0.25, 0.3) is 22.0 Å². The van der Waals surface area contributed by atoms with Gasteiger partial charge in [-0.15, -0.1) is 9.46 Å². The van der Waals surface area contributed by atoms with E-state index >= 15 is 0 Å². The van der Waals surface area contributed by atoms with Gasteiger partial charge in [0.15, 0.2) is 0 Å². The molecule has 0 spiro atoms. The van der Waals surface area contributed by atoms with Gasteiger partial charge in [0, 0.05) is 33.0 Å². The first-order valence-corrected chi connectivity index (χ1v) is 18.5. The third-order valence-corrected chi connectivity index (χ3v) is 11.3. The van der Waals surface area contributed by atoms with Gasteiger partial charge >= 0.3 is 15.2 Å². The molecule has 0 atom stereocenters. The number of aromatic nitrogens is 1. The van der Waals surface area contributed by atoms with Crippen LogP contribution in [0, 0.1) is 0 Å². The molecule has 0 unspecified atom stereocenters. The zero-order valence-corrected chi connectivity index (χ0v) is 26.5. The predicted molar refractivity (Wildman–Crippen MR) is 165 cm³/mol. The Morgan fingerprint density at radius 3 is 2.19 bits per heavy atom. The van der Waals surface area contributed by atoms with Crippen LogP contribution in [0.3, 0.4) is 0 Å². The standard InChI is InChI=1S/C29H28BrF2NO6P2S/c30-26-13-20(7-10-24(26)16-40(34,38-31)39-32)18-42-17-19-5-8-21(9-6-19)25-14-23-11-12-27(22-3-1-2-4-22)33-29(23)28(15-25)41(35,36)37/h5-15,22H,1-4,16-18H2,(H2,35,36,37). The average molecular weight is 698 g/mol. The number of rotatable bonds is 11. The molecule has 5 rings (SSSR count). The van der Waals surface area contributed by atoms with E-state index in [-0.39, 0.29) is 5.30 Å². The molecule has 0 amide bonds. The van der Waals surface area contributed by atoms with E-state index in [0.717, 1.165) is 48.1 Å². The van der Waals surface area contributed by atoms with Gasteiger partial charge in [-0.3, -0.25) is 14.1 Å². The zero-order chi connectivity index (χ0) is 29.9. The first-order chi connectivity index (χ1) is 20.1. The highest BCUT2D eigenvalue weighted by atomic mass is 79.9. The summed E-state index contributed by atoms with van der Waals surface area (Å²) < 4.78 is 55.9. The van der Waals surface area contributed by atoms with Gasteiger partial charge in [-0.2, -0.15) is 11.8 Å². The largest absolute Gasteiger partial charge is 0.399 e. The van der Waals surface area contributed by atoms with Gasteiger partial charge in [-0.1, -0.05) is 71.2 Å². The Kier molecular flexibility index (Phi) is 10.0. The highest BCUT2D eigenvalue weighted by Crippen LogP contribution is 2.53. The first kappa shape index (κ1) is 31.5. The number of fused-ring (bicyclic) bond motifs is 1. The lowest BCUT2D eigenvalue weighted by molar-refractivity contribution is -0.0881. The molecule has 42 heavy (non-hydrogen) atoms. The summed E-state index contributed by atoms with van der Waals surface area (Å²) in [7, 11) is -9.04. The number of hydrogen-bond donors (Lipinski definition) is 2. The van der Waals surface area contributed by atoms with Crippen LogP contribution in [0.2, 0.25) is 0 Å². The summed E-state index contributed by atoms with van der Waals surface area (Å²) in [6, 6.07) is 20.4. The van der Waals surface area contributed by atoms with Crippen LogP contribution >= 0.6 is 42.9 Å². The Morgan fingerprint density at radius 2 is 1.55 bits per heavy atom. The van der Waals surface area contributed by atoms with E-state index in [0.29, 0.717) is 43.9 Å². The van der Waals surface area contributed by atoms with Crippen molar-refractivity contribution in [1.82, 2.24) is 4.98 Å². The van der Waals surface area contributed by atoms with Crippen molar-refractivity contribution in [2.24, 2.45) is 0 Å². The molecule has 0 bridgehead atoms. The second kappa shape index (κ2) is 13.4. The molecule has 2 N–H and O–H groups in total. The maximum Gasteiger partial charge on any atom is 0.399 e. The van der Waals surface area contributed by atoms with E-state index < -0.39 is 21.4 Å². The molecule has 7 nitrogen and oxygen atoms in total. The number of hydrogen-bond acceptors (Lipinski definition) is 6. The summed E-state index contributed by atoms with van der Waals surface area (Å²) in [5, 5.41) is 0.644. The third kappa shape index (κ3) is 7.40. The summed E-state index contributed by atoms with van der Waals surface area (Å²) in [6.07, 6.45) is 3.85. The van der Waals surface area contributed by atoms with Crippen molar-refractivity contribution in [1.29, 1.82) is 0 Å². The SMILES string of the molecule is O=P(Cc1ccc(CSCc2ccc(-c3cc(P(=O)(O)O)c4nc(C5CCCC5)ccc4c3)cc2)cc1Br)(OF)OF. The van der Waals surface area contributed by atoms with E-state index in [4.69, 9.17) is 4.98 Å². The minimum Gasteiger partial charge on any atom is -0.321 e. The lowest BCUT2D eigenvalue weighted by Gasteiger charge is -2.15. The number of halogens is 3. The quantitative estimate of drug-likeness (QED) is 0.150. The minimum atomic E-state index is -4.57. The first-order valence-electron chi connectivity index (χ1n) is 13.2. The highest BCUT2D eigenvalue weighted by Gasteiger charge is 2.29. The maximum atomic E-state index is 12.5. The van der Waals surface area contributed by atoms with Gasteiger partial charge in [0.05, 0.1) is 17.0 Å². The molecule has 13 heteroatoms. The van der Waals surface area contributed by atoms with Crippen LogP contribution in [0.4, 0.5) is 9.05 Å². The van der Waals surface area contributed by atoms with Crippen molar-refractivity contribution in [2.45, 2.75) is 49.3 Å². The molecule has 1 aromatic heterocycles. The molecule has 1 saturated carbocycles. The average Bonchev–Trinajstić information content (AvgIpc) is 3.53. The zero-order valence-electron chi connectivity index (χ0n) is 22.3. The van der Waals surface area contributed by atoms with Gasteiger partial charge in [-0.05, 0) is 74.0 Å². The molecule has 1 fully saturated rings. The fourth-order valence-electron chi connectivity index (χ4n) is 5.23. The normalized spacial score (nSPS) is 14.6. The van der Waals surface area contributed by atoms with Crippen molar-refractivity contribution in [2.75, 3.05) is 0 Å². The lowest BCUT2D eigenvalue weighted by Crippen LogP contribution is -2.09. The topological polar surface area (TPSA) is 106 Å². The van der Waals surface area contributed by atoms with Gasteiger partial charge in [0.2, 0.25) is 0 Å². The van der Waals surface area contributed by atoms with Crippen molar-refractivity contribution in [3.63, 3.8) is 0 Å². The van der Waals surface area contributed by atoms with Crippen LogP contribution in [0.1, 0.15) is 54.0 Å². The Hall–Kier alpha value is -1.94. The molecule has 0 radical (unpaired) electrons. The van der Waals surface area contributed by atoms with E-state index in [9.17, 15) is 28.0 Å². The smallest absolute Gasteiger partial charge is 0.321 e. The van der Waals surface area contributed by atoms with Gasteiger partial charge < -0.3 is 9.79 Å². The molecular weight excluding hydrogens is 670 g/mol. The molecule has 1 aliphatic rings. The van der Waals surface area contributed by atoms with Gasteiger partial charge in [0.25, 0.3) is 0 Å². The Bertz CT molecular complexity index is 1670. The maximum absolute atomic E-state index is 12.5. The lowest BCUT2D eigenvalue weighted by atomic mass is 9.99. The molecular formula is C29H28BrF2NO6P2S. The van der Waals surface area contributed by atoms with Gasteiger partial charge in [0.1, 0.15) is 0 Å². The summed E-state index contributed by atoms with van der Waals surface area (Å²) in [4.78, 5) is 25.0. The van der Waals surface area contributed by atoms with Crippen LogP contribution in [0.5, 0.6) is 0 Å². The van der Waals surface area contributed by atoms with Crippen LogP contribution in [0.15, 0.2) is 71.2 Å². The summed E-state index contributed by atoms with van der Waals surface area (Å²) in [5.74, 6) is 1.70. The van der Waals surface area contributed by atoms with E-state index in [1.54, 1.807) is 36.0 Å². The van der Waals surface area contributed by atoms with E-state index in [1.165, 1.54) is 0 Å². The van der Waals surface area contributed by atoms with Crippen LogP contribution < -0.4 is 5.30 Å². The summed E-state index contributed by atoms with van der Waals surface area (Å²) >= 11 is 5.00. The number of nitrogens with zero attached hydrogens (tertiary/aromatic N) is 1. The highest BCUT2D eigenvalue weighted by molar-refractivity contribution is 9.10. The van der Waals surface area contributed by atoms with Crippen molar-refractivity contribution in [3.05, 3.63) is 93.6 Å². The van der Waals surface area contributed by atoms with E-state index in [1.807, 2.05) is 42.5 Å². The molecule has 4 aromatic rings. The van der Waals surface area contributed by atoms with E-state index in [2.05, 4.69) is 25.4 Å². The van der Waals surface area contributed by atoms with Crippen molar-refractivity contribution >= 4 is 59.1 Å². The number of pyridine rings is 1. The Labute approximate surface area is 254 Å². The summed E-state index contributed by atoms with van der Waals surface area (Å²) in [6.45, 7) is 0. The second-order valence-electron chi connectivity index (χ2n) is 10.4. The predicted octanol–water partition coefficient (Wildman–Crippen LogP) is 9.05. The monoisotopic (exact) mass is 697 g/mol. The minimum absolute atomic E-state index is 0.0519. The Balaban J connectivity index is 1.28. The Morgan fingerprint density at radius 1 is 0.881 bits per heavy atom. The van der Waals surface area contributed by atoms with Crippen molar-refractivity contribution in [3.8, 4) is 11.1 Å². The fourth-order valence-corrected chi connectivity index (χ4v) is 8.53. The molecule has 222 valence electrons. The molecule has 0 saturated heterocycles. The fraction of sp³-hybridized carbons (Fsp3) is 0.276. The molecule has 3 aromatic carbocycles. The summed E-state index contributed by atoms with van der Waals surface area (Å²) in [5.41, 5.74) is 5.22. The third-order valence-electron chi connectivity index (χ3n) is 7.40. The van der Waals surface area contributed by atoms with Crippen LogP contribution in [-0.4, -0.2) is 14.8 Å². The second-order valence-corrected chi connectivity index (χ2v) is 15.6. The number of benzene rings is 3. The molecule has 1 aliphatic carbocycles. The van der Waals surface area contributed by atoms with Gasteiger partial charge in [-0.25, -0.2) is 0 Å². The molecule has 1 heterocycles.